The summed E-state index contributed by atoms with van der Waals surface area (Å²) in [5, 5.41) is 2.47. The zero-order valence-electron chi connectivity index (χ0n) is 14.2. The third-order valence-corrected chi connectivity index (χ3v) is 3.50. The van der Waals surface area contributed by atoms with Crippen LogP contribution in [-0.4, -0.2) is 49.9 Å². The molecule has 6 heteroatoms. The number of amides is 2. The van der Waals surface area contributed by atoms with Crippen molar-refractivity contribution >= 4 is 17.8 Å². The van der Waals surface area contributed by atoms with E-state index in [1.165, 1.54) is 4.90 Å². The molecule has 25 heavy (non-hydrogen) atoms. The number of nitrogens with zero attached hydrogens (tertiary/aromatic N) is 1. The average molecular weight is 340 g/mol. The lowest BCUT2D eigenvalue weighted by atomic mass is 10.0. The molecule has 0 unspecified atom stereocenters. The van der Waals surface area contributed by atoms with Gasteiger partial charge in [0.05, 0.1) is 0 Å². The van der Waals surface area contributed by atoms with Gasteiger partial charge in [0.1, 0.15) is 6.54 Å². The first-order chi connectivity index (χ1) is 12.0. The van der Waals surface area contributed by atoms with Crippen molar-refractivity contribution < 1.29 is 19.1 Å². The van der Waals surface area contributed by atoms with Crippen molar-refractivity contribution in [3.05, 3.63) is 60.2 Å². The number of rotatable bonds is 6. The van der Waals surface area contributed by atoms with Gasteiger partial charge in [0, 0.05) is 19.7 Å². The maximum atomic E-state index is 12.0. The number of carbonyl (C=O) groups is 3. The second-order valence-electron chi connectivity index (χ2n) is 5.57. The van der Waals surface area contributed by atoms with Crippen LogP contribution in [0.3, 0.4) is 0 Å². The molecule has 6 nitrogen and oxygen atoms in total. The largest absolute Gasteiger partial charge is 0.454 e. The maximum absolute atomic E-state index is 12.0. The van der Waals surface area contributed by atoms with E-state index in [9.17, 15) is 14.4 Å². The lowest BCUT2D eigenvalue weighted by molar-refractivity contribution is -0.150. The van der Waals surface area contributed by atoms with Crippen molar-refractivity contribution in [3.63, 3.8) is 0 Å². The Morgan fingerprint density at radius 3 is 2.12 bits per heavy atom. The van der Waals surface area contributed by atoms with Crippen LogP contribution in [-0.2, 0) is 14.3 Å². The monoisotopic (exact) mass is 340 g/mol. The predicted octanol–water partition coefficient (Wildman–Crippen LogP) is 1.71. The zero-order chi connectivity index (χ0) is 18.2. The molecule has 0 saturated carbocycles. The second kappa shape index (κ2) is 8.63. The van der Waals surface area contributed by atoms with Gasteiger partial charge in [0.15, 0.2) is 6.61 Å². The molecular formula is C19H20N2O4. The highest BCUT2D eigenvalue weighted by Crippen LogP contribution is 2.19. The molecular weight excluding hydrogens is 320 g/mol. The summed E-state index contributed by atoms with van der Waals surface area (Å²) in [4.78, 5) is 36.2. The topological polar surface area (TPSA) is 75.7 Å². The number of ether oxygens (including phenoxy) is 1. The summed E-state index contributed by atoms with van der Waals surface area (Å²) < 4.78 is 4.78. The van der Waals surface area contributed by atoms with Gasteiger partial charge in [-0.05, 0) is 23.3 Å². The molecule has 2 amide bonds. The van der Waals surface area contributed by atoms with Gasteiger partial charge in [-0.1, -0.05) is 42.5 Å². The van der Waals surface area contributed by atoms with E-state index in [1.807, 2.05) is 42.5 Å². The van der Waals surface area contributed by atoms with Crippen LogP contribution in [0.25, 0.3) is 11.1 Å². The molecule has 130 valence electrons. The quantitative estimate of drug-likeness (QED) is 0.813. The van der Waals surface area contributed by atoms with Gasteiger partial charge in [0.25, 0.3) is 11.8 Å². The van der Waals surface area contributed by atoms with Crippen molar-refractivity contribution in [2.24, 2.45) is 0 Å². The predicted molar refractivity (Wildman–Crippen MR) is 93.9 cm³/mol. The van der Waals surface area contributed by atoms with Crippen LogP contribution < -0.4 is 5.32 Å². The minimum Gasteiger partial charge on any atom is -0.454 e. The highest BCUT2D eigenvalue weighted by atomic mass is 16.5. The number of hydrogen-bond donors (Lipinski definition) is 1. The first-order valence-corrected chi connectivity index (χ1v) is 7.77. The number of benzene rings is 2. The zero-order valence-corrected chi connectivity index (χ0v) is 14.2. The molecule has 1 N–H and O–H groups in total. The van der Waals surface area contributed by atoms with Crippen molar-refractivity contribution in [1.82, 2.24) is 10.2 Å². The molecule has 0 aromatic heterocycles. The third kappa shape index (κ3) is 5.46. The van der Waals surface area contributed by atoms with E-state index in [0.29, 0.717) is 5.56 Å². The SMILES string of the molecule is CN(C)C(=O)COC(=O)CNC(=O)c1ccc(-c2ccccc2)cc1. The van der Waals surface area contributed by atoms with Gasteiger partial charge in [-0.15, -0.1) is 0 Å². The standard InChI is InChI=1S/C19H20N2O4/c1-21(2)17(22)13-25-18(23)12-20-19(24)16-10-8-15(9-11-16)14-6-4-3-5-7-14/h3-11H,12-13H2,1-2H3,(H,20,24). The van der Waals surface area contributed by atoms with Gasteiger partial charge < -0.3 is 15.0 Å². The number of esters is 1. The molecule has 0 fully saturated rings. The summed E-state index contributed by atoms with van der Waals surface area (Å²) in [5.74, 6) is -1.36. The molecule has 0 aliphatic rings. The summed E-state index contributed by atoms with van der Waals surface area (Å²) in [6, 6.07) is 16.9. The fraction of sp³-hybridized carbons (Fsp3) is 0.211. The van der Waals surface area contributed by atoms with E-state index in [0.717, 1.165) is 11.1 Å². The van der Waals surface area contributed by atoms with Crippen LogP contribution in [0.15, 0.2) is 54.6 Å². The van der Waals surface area contributed by atoms with E-state index in [-0.39, 0.29) is 25.0 Å². The van der Waals surface area contributed by atoms with Crippen LogP contribution in [0.1, 0.15) is 10.4 Å². The van der Waals surface area contributed by atoms with Gasteiger partial charge in [-0.3, -0.25) is 14.4 Å². The van der Waals surface area contributed by atoms with Crippen LogP contribution in [0.2, 0.25) is 0 Å². The van der Waals surface area contributed by atoms with E-state index in [4.69, 9.17) is 4.74 Å². The summed E-state index contributed by atoms with van der Waals surface area (Å²) in [6.45, 7) is -0.631. The highest BCUT2D eigenvalue weighted by Gasteiger charge is 2.11. The second-order valence-corrected chi connectivity index (χ2v) is 5.57. The average Bonchev–Trinajstić information content (AvgIpc) is 2.64. The molecule has 0 saturated heterocycles. The molecule has 2 aromatic carbocycles. The van der Waals surface area contributed by atoms with Crippen molar-refractivity contribution in [1.29, 1.82) is 0 Å². The molecule has 0 aliphatic carbocycles. The number of likely N-dealkylation sites (N-methyl/N-ethyl adjacent to an activating group) is 1. The van der Waals surface area contributed by atoms with Gasteiger partial charge in [-0.2, -0.15) is 0 Å². The van der Waals surface area contributed by atoms with Crippen molar-refractivity contribution in [2.45, 2.75) is 0 Å². The fourth-order valence-electron chi connectivity index (χ4n) is 2.02. The Balaban J connectivity index is 1.85. The Labute approximate surface area is 146 Å². The number of hydrogen-bond acceptors (Lipinski definition) is 4. The molecule has 0 atom stereocenters. The Kier molecular flexibility index (Phi) is 6.28. The Morgan fingerprint density at radius 1 is 0.920 bits per heavy atom. The minimum atomic E-state index is -0.663. The van der Waals surface area contributed by atoms with Crippen LogP contribution in [0.5, 0.6) is 0 Å². The Bertz CT molecular complexity index is 740. The minimum absolute atomic E-state index is 0.292. The Hall–Kier alpha value is -3.15. The van der Waals surface area contributed by atoms with Crippen LogP contribution in [0, 0.1) is 0 Å². The molecule has 2 rings (SSSR count). The summed E-state index contributed by atoms with van der Waals surface area (Å²) in [7, 11) is 3.13. The highest BCUT2D eigenvalue weighted by molar-refractivity contribution is 5.96. The van der Waals surface area contributed by atoms with Gasteiger partial charge in [-0.25, -0.2) is 0 Å². The lowest BCUT2D eigenvalue weighted by Gasteiger charge is -2.10. The summed E-state index contributed by atoms with van der Waals surface area (Å²) >= 11 is 0. The maximum Gasteiger partial charge on any atom is 0.325 e. The normalized spacial score (nSPS) is 10.0. The van der Waals surface area contributed by atoms with Crippen molar-refractivity contribution in [3.8, 4) is 11.1 Å². The molecule has 0 heterocycles. The first-order valence-electron chi connectivity index (χ1n) is 7.77. The number of carbonyl (C=O) groups excluding carboxylic acids is 3. The fourth-order valence-corrected chi connectivity index (χ4v) is 2.02. The molecule has 2 aromatic rings. The van der Waals surface area contributed by atoms with Gasteiger partial charge in [0.2, 0.25) is 0 Å². The summed E-state index contributed by atoms with van der Waals surface area (Å²) in [5.41, 5.74) is 2.50. The van der Waals surface area contributed by atoms with Crippen molar-refractivity contribution in [2.75, 3.05) is 27.2 Å². The summed E-state index contributed by atoms with van der Waals surface area (Å²) in [6.07, 6.45) is 0. The van der Waals surface area contributed by atoms with Gasteiger partial charge >= 0.3 is 5.97 Å². The first kappa shape index (κ1) is 18.2. The van der Waals surface area contributed by atoms with E-state index in [1.54, 1.807) is 26.2 Å². The smallest absolute Gasteiger partial charge is 0.325 e. The lowest BCUT2D eigenvalue weighted by Crippen LogP contribution is -2.33. The van der Waals surface area contributed by atoms with E-state index in [2.05, 4.69) is 5.32 Å². The molecule has 0 spiro atoms. The molecule has 0 aliphatic heterocycles. The van der Waals surface area contributed by atoms with E-state index >= 15 is 0 Å². The van der Waals surface area contributed by atoms with E-state index < -0.39 is 5.97 Å². The third-order valence-electron chi connectivity index (χ3n) is 3.50. The molecule has 0 radical (unpaired) electrons. The van der Waals surface area contributed by atoms with Crippen LogP contribution in [0.4, 0.5) is 0 Å². The number of nitrogens with one attached hydrogen (secondary N) is 1. The van der Waals surface area contributed by atoms with Crippen LogP contribution >= 0.6 is 0 Å². The Morgan fingerprint density at radius 2 is 1.52 bits per heavy atom. The molecule has 0 bridgehead atoms.